The Balaban J connectivity index is -0.0000000233. The van der Waals surface area contributed by atoms with Crippen molar-refractivity contribution in [3.63, 3.8) is 0 Å². The van der Waals surface area contributed by atoms with E-state index in [4.69, 9.17) is 63.5 Å². The van der Waals surface area contributed by atoms with Crippen LogP contribution in [-0.4, -0.2) is 26.1 Å². The number of hydrogen-bond acceptors (Lipinski definition) is 1. The summed E-state index contributed by atoms with van der Waals surface area (Å²) in [6.45, 7) is 31.0. The summed E-state index contributed by atoms with van der Waals surface area (Å²) in [5.74, 6) is 0. The van der Waals surface area contributed by atoms with Gasteiger partial charge in [-0.1, -0.05) is 0 Å². The second-order valence-electron chi connectivity index (χ2n) is 3.06. The predicted octanol–water partition coefficient (Wildman–Crippen LogP) is 4.62. The third kappa shape index (κ3) is 132. The van der Waals surface area contributed by atoms with Gasteiger partial charge in [-0.05, 0) is 27.7 Å². The first kappa shape index (κ1) is 50.0. The van der Waals surface area contributed by atoms with Crippen LogP contribution in [0.25, 0.3) is 0 Å². The average molecular weight is 626 g/mol. The normalized spacial score (nSPS) is 6.92. The van der Waals surface area contributed by atoms with Crippen molar-refractivity contribution in [3.05, 3.63) is 33.3 Å². The van der Waals surface area contributed by atoms with Crippen molar-refractivity contribution in [2.24, 2.45) is 0 Å². The topological polar surface area (TPSA) is 103 Å². The predicted molar refractivity (Wildman–Crippen MR) is 87.8 cm³/mol. The molecule has 0 aromatic heterocycles. The molecule has 6 nitrogen and oxygen atoms in total. The molecular weight excluding hydrogens is 612 g/mol. The van der Waals surface area contributed by atoms with Crippen LogP contribution in [0.15, 0.2) is 0 Å². The minimum absolute atomic E-state index is 0. The monoisotopic (exact) mass is 625 g/mol. The van der Waals surface area contributed by atoms with E-state index in [2.05, 4.69) is 70.3 Å². The molecule has 0 rings (SSSR count). The summed E-state index contributed by atoms with van der Waals surface area (Å²) in [6, 6.07) is 1.08. The molecule has 0 saturated heterocycles. The van der Waals surface area contributed by atoms with Crippen LogP contribution in [0, 0.1) is 33.3 Å². The number of hydrogen-bond donors (Lipinski definition) is 0. The molecule has 0 heterocycles. The number of halogens is 4. The Morgan fingerprint density at radius 3 is 0.750 bits per heavy atom. The molecule has 0 saturated carbocycles. The Morgan fingerprint density at radius 1 is 0.667 bits per heavy atom. The fraction of sp³-hybridized carbons (Fsp3) is 0.545. The van der Waals surface area contributed by atoms with E-state index in [-0.39, 0.29) is 20.4 Å². The second-order valence-corrected chi connectivity index (χ2v) is 16.4. The molecule has 0 aromatic carbocycles. The first-order valence-electron chi connectivity index (χ1n) is 4.92. The van der Waals surface area contributed by atoms with Crippen molar-refractivity contribution < 1.29 is 43.7 Å². The molecule has 0 spiro atoms. The van der Waals surface area contributed by atoms with Gasteiger partial charge in [-0.15, -0.1) is 0 Å². The molecule has 0 N–H and O–H groups in total. The van der Waals surface area contributed by atoms with E-state index in [1.807, 2.05) is 4.67 Å². The summed E-state index contributed by atoms with van der Waals surface area (Å²) in [7, 11) is 21.3. The van der Waals surface area contributed by atoms with Crippen molar-refractivity contribution in [2.45, 2.75) is 39.8 Å². The Bertz CT molecular complexity index is 261. The van der Waals surface area contributed by atoms with Gasteiger partial charge in [-0.2, -0.15) is 0 Å². The second kappa shape index (κ2) is 49.7. The van der Waals surface area contributed by atoms with Gasteiger partial charge < -0.3 is 40.2 Å². The zero-order chi connectivity index (χ0) is 21.2. The van der Waals surface area contributed by atoms with Crippen molar-refractivity contribution in [1.82, 2.24) is 4.67 Å². The van der Waals surface area contributed by atoms with E-state index in [0.29, 0.717) is 12.1 Å². The van der Waals surface area contributed by atoms with Gasteiger partial charge in [0.2, 0.25) is 0 Å². The van der Waals surface area contributed by atoms with Gasteiger partial charge in [0.25, 0.3) is 0 Å². The molecule has 24 heavy (non-hydrogen) atoms. The zero-order valence-corrected chi connectivity index (χ0v) is 20.8. The van der Waals surface area contributed by atoms with Gasteiger partial charge >= 0.3 is 65.9 Å². The summed E-state index contributed by atoms with van der Waals surface area (Å²) >= 11 is 0. The first-order valence-corrected chi connectivity index (χ1v) is 12.3. The molecule has 0 atom stereocenters. The number of nitrogens with zero attached hydrogens (tertiary/aromatic N) is 1. The summed E-state index contributed by atoms with van der Waals surface area (Å²) in [5, 5.41) is 0. The number of rotatable bonds is 2. The van der Waals surface area contributed by atoms with Crippen LogP contribution >= 0.6 is 49.6 Å². The molecule has 13 heteroatoms. The van der Waals surface area contributed by atoms with E-state index in [1.165, 1.54) is 0 Å². The van der Waals surface area contributed by atoms with Gasteiger partial charge in [-0.25, -0.2) is 0 Å². The summed E-state index contributed by atoms with van der Waals surface area (Å²) < 4.78 is 39.5. The molecule has 0 aromatic rings. The minimum atomic E-state index is -2.94. The molecule has 0 aliphatic rings. The van der Waals surface area contributed by atoms with Crippen LogP contribution in [0.2, 0.25) is 0 Å². The van der Waals surface area contributed by atoms with Gasteiger partial charge in [0.05, 0.1) is 9.39 Å². The SMILES string of the molecule is CC(C)N([P])C(C)C.[C-]#[O+].[C-]#[O+].[C-]#[O+].[C-]#[O+].[C-]#[O+].[Cl][Al-]([Cl])([Cl])[Cl].[Re]. The van der Waals surface area contributed by atoms with Gasteiger partial charge in [0.15, 0.2) is 0 Å². The Morgan fingerprint density at radius 2 is 0.750 bits per heavy atom. The van der Waals surface area contributed by atoms with E-state index >= 15 is 0 Å². The fourth-order valence-electron chi connectivity index (χ4n) is 0.596. The smallest absolute Gasteiger partial charge is 0.391 e. The maximum atomic E-state index is 7.50. The molecule has 0 aliphatic heterocycles. The largest absolute Gasteiger partial charge is 0.564 e. The van der Waals surface area contributed by atoms with E-state index in [1.54, 1.807) is 0 Å². The summed E-state index contributed by atoms with van der Waals surface area (Å²) in [4.78, 5) is 0. The maximum absolute atomic E-state index is 7.50. The van der Waals surface area contributed by atoms with Crippen LogP contribution in [-0.2, 0) is 43.7 Å². The van der Waals surface area contributed by atoms with Crippen molar-refractivity contribution in [3.8, 4) is 0 Å². The van der Waals surface area contributed by atoms with E-state index in [9.17, 15) is 0 Å². The Kier molecular flexibility index (Phi) is 103. The molecule has 0 fully saturated rings. The van der Waals surface area contributed by atoms with Crippen molar-refractivity contribution in [2.75, 3.05) is 0 Å². The summed E-state index contributed by atoms with van der Waals surface area (Å²) in [5.41, 5.74) is 0. The fourth-order valence-corrected chi connectivity index (χ4v) is 0.596. The molecule has 0 amide bonds. The molecule has 0 aliphatic carbocycles. The van der Waals surface area contributed by atoms with Crippen LogP contribution in [0.5, 0.6) is 0 Å². The van der Waals surface area contributed by atoms with Crippen LogP contribution < -0.4 is 0 Å². The van der Waals surface area contributed by atoms with Gasteiger partial charge in [0, 0.05) is 32.5 Å². The van der Waals surface area contributed by atoms with Gasteiger partial charge in [0.1, 0.15) is 0 Å². The zero-order valence-electron chi connectivity index (χ0n) is 13.1. The van der Waals surface area contributed by atoms with Crippen molar-refractivity contribution >= 4 is 59.0 Å². The molecule has 137 valence electrons. The first-order chi connectivity index (χ1) is 10.6. The Hall–Kier alpha value is 1.44. The standard InChI is InChI=1S/C6H14NP.5CO.Al.4ClH.Re/c1-5(2)7(8)6(3)4;5*1-2;;;;;;/h5-6H,1-4H3;;;;;;;4*1H;/q;;;;;;+3;;;;;/p-4. The molecule has 0 bridgehead atoms. The third-order valence-corrected chi connectivity index (χ3v) is 1.98. The van der Waals surface area contributed by atoms with E-state index in [0.717, 1.165) is 0 Å². The molecular formula is C11H14AlCl4NO5PRe-. The van der Waals surface area contributed by atoms with Crippen LogP contribution in [0.1, 0.15) is 27.7 Å². The Labute approximate surface area is 179 Å². The van der Waals surface area contributed by atoms with Gasteiger partial charge in [-0.3, -0.25) is 4.67 Å². The maximum Gasteiger partial charge on any atom is 0.564 e. The van der Waals surface area contributed by atoms with Crippen LogP contribution in [0.3, 0.4) is 0 Å². The quantitative estimate of drug-likeness (QED) is 0.190. The van der Waals surface area contributed by atoms with Crippen molar-refractivity contribution in [1.29, 1.82) is 0 Å². The average Bonchev–Trinajstić information content (AvgIpc) is 2.54. The van der Waals surface area contributed by atoms with E-state index < -0.39 is 9.39 Å². The molecule has 3 radical (unpaired) electrons. The third-order valence-electron chi connectivity index (χ3n) is 1.06. The molecule has 0 unspecified atom stereocenters. The summed E-state index contributed by atoms with van der Waals surface area (Å²) in [6.07, 6.45) is 0. The minimum Gasteiger partial charge on any atom is -0.391 e. The van der Waals surface area contributed by atoms with Crippen LogP contribution in [0.4, 0.5) is 0 Å².